The van der Waals surface area contributed by atoms with Crippen LogP contribution in [0.4, 0.5) is 4.39 Å². The number of benzene rings is 1. The minimum Gasteiger partial charge on any atom is -0.394 e. The van der Waals surface area contributed by atoms with Crippen molar-refractivity contribution in [1.29, 1.82) is 0 Å². The number of aliphatic hydroxyl groups is 1. The van der Waals surface area contributed by atoms with Crippen molar-refractivity contribution in [2.45, 2.75) is 19.9 Å². The second-order valence-corrected chi connectivity index (χ2v) is 4.68. The van der Waals surface area contributed by atoms with Crippen molar-refractivity contribution >= 4 is 11.6 Å². The van der Waals surface area contributed by atoms with Gasteiger partial charge in [-0.3, -0.25) is 0 Å². The normalized spacial score (nSPS) is 13.1. The van der Waals surface area contributed by atoms with Gasteiger partial charge in [-0.05, 0) is 36.2 Å². The minimum atomic E-state index is -0.382. The molecule has 90 valence electrons. The second-order valence-electron chi connectivity index (χ2n) is 4.24. The Bertz CT molecular complexity index is 324. The molecule has 0 radical (unpaired) electrons. The molecule has 0 saturated heterocycles. The lowest BCUT2D eigenvalue weighted by Gasteiger charge is -2.18. The van der Waals surface area contributed by atoms with Crippen LogP contribution in [0.2, 0.25) is 5.02 Å². The van der Waals surface area contributed by atoms with Crippen LogP contribution in [0, 0.1) is 11.7 Å². The van der Waals surface area contributed by atoms with Gasteiger partial charge in [-0.15, -0.1) is 0 Å². The van der Waals surface area contributed by atoms with Gasteiger partial charge in [0.15, 0.2) is 0 Å². The molecule has 0 aliphatic heterocycles. The molecule has 0 aliphatic carbocycles. The number of aliphatic hydroxyl groups excluding tert-OH is 1. The Morgan fingerprint density at radius 2 is 2.06 bits per heavy atom. The first-order chi connectivity index (χ1) is 7.52. The van der Waals surface area contributed by atoms with Crippen molar-refractivity contribution in [3.8, 4) is 0 Å². The number of hydrogen-bond donors (Lipinski definition) is 2. The summed E-state index contributed by atoms with van der Waals surface area (Å²) < 4.78 is 13.1. The van der Waals surface area contributed by atoms with E-state index < -0.39 is 0 Å². The molecule has 1 unspecified atom stereocenters. The van der Waals surface area contributed by atoms with E-state index >= 15 is 0 Å². The highest BCUT2D eigenvalue weighted by atomic mass is 35.5. The van der Waals surface area contributed by atoms with Crippen LogP contribution in [0.5, 0.6) is 0 Å². The zero-order valence-corrected chi connectivity index (χ0v) is 10.3. The Labute approximate surface area is 100 Å². The Morgan fingerprint density at radius 1 is 1.38 bits per heavy atom. The molecule has 1 rings (SSSR count). The van der Waals surface area contributed by atoms with Crippen molar-refractivity contribution in [3.63, 3.8) is 0 Å². The summed E-state index contributed by atoms with van der Waals surface area (Å²) in [5.41, 5.74) is 0.674. The predicted molar refractivity (Wildman–Crippen MR) is 64.1 cm³/mol. The molecular formula is C12H17ClFNO. The van der Waals surface area contributed by atoms with Gasteiger partial charge < -0.3 is 10.4 Å². The van der Waals surface area contributed by atoms with Crippen molar-refractivity contribution in [3.05, 3.63) is 34.6 Å². The van der Waals surface area contributed by atoms with Crippen molar-refractivity contribution in [1.82, 2.24) is 5.32 Å². The number of nitrogens with one attached hydrogen (secondary N) is 1. The molecule has 0 spiro atoms. The zero-order valence-electron chi connectivity index (χ0n) is 9.50. The lowest BCUT2D eigenvalue weighted by molar-refractivity contribution is 0.240. The van der Waals surface area contributed by atoms with Gasteiger partial charge >= 0.3 is 0 Å². The summed E-state index contributed by atoms with van der Waals surface area (Å²) in [4.78, 5) is 0. The summed E-state index contributed by atoms with van der Waals surface area (Å²) in [6.45, 7) is 4.83. The van der Waals surface area contributed by atoms with Crippen LogP contribution < -0.4 is 5.32 Å². The summed E-state index contributed by atoms with van der Waals surface area (Å²) in [5.74, 6) is 0.0883. The molecule has 16 heavy (non-hydrogen) atoms. The Balaban J connectivity index is 2.78. The minimum absolute atomic E-state index is 0.0769. The van der Waals surface area contributed by atoms with Gasteiger partial charge in [-0.1, -0.05) is 25.4 Å². The average molecular weight is 246 g/mol. The second kappa shape index (κ2) is 6.18. The summed E-state index contributed by atoms with van der Waals surface area (Å²) in [5, 5.41) is 12.8. The summed E-state index contributed by atoms with van der Waals surface area (Å²) in [7, 11) is 0. The lowest BCUT2D eigenvalue weighted by atomic mass is 10.1. The molecule has 0 aromatic heterocycles. The van der Waals surface area contributed by atoms with Gasteiger partial charge in [-0.25, -0.2) is 4.39 Å². The third-order valence-corrected chi connectivity index (χ3v) is 2.46. The maximum atomic E-state index is 13.1. The standard InChI is InChI=1S/C12H17ClFNO/c1-8(2)6-15-12(7-16)9-3-10(13)5-11(14)4-9/h3-5,8,12,15-16H,6-7H2,1-2H3. The first-order valence-electron chi connectivity index (χ1n) is 5.33. The smallest absolute Gasteiger partial charge is 0.125 e. The van der Waals surface area contributed by atoms with E-state index in [1.54, 1.807) is 6.07 Å². The topological polar surface area (TPSA) is 32.3 Å². The third kappa shape index (κ3) is 4.08. The van der Waals surface area contributed by atoms with Gasteiger partial charge in [0.2, 0.25) is 0 Å². The molecule has 1 aromatic rings. The van der Waals surface area contributed by atoms with Crippen LogP contribution in [-0.2, 0) is 0 Å². The van der Waals surface area contributed by atoms with E-state index in [0.29, 0.717) is 16.5 Å². The maximum absolute atomic E-state index is 13.1. The van der Waals surface area contributed by atoms with E-state index in [1.165, 1.54) is 12.1 Å². The van der Waals surface area contributed by atoms with Gasteiger partial charge in [0.05, 0.1) is 12.6 Å². The van der Waals surface area contributed by atoms with Crippen molar-refractivity contribution in [2.75, 3.05) is 13.2 Å². The van der Waals surface area contributed by atoms with E-state index in [1.807, 2.05) is 0 Å². The zero-order chi connectivity index (χ0) is 12.1. The fourth-order valence-corrected chi connectivity index (χ4v) is 1.67. The molecule has 4 heteroatoms. The van der Waals surface area contributed by atoms with Crippen LogP contribution in [0.3, 0.4) is 0 Å². The number of hydrogen-bond acceptors (Lipinski definition) is 2. The van der Waals surface area contributed by atoms with Gasteiger partial charge in [0.1, 0.15) is 5.82 Å². The number of rotatable bonds is 5. The van der Waals surface area contributed by atoms with E-state index in [4.69, 9.17) is 11.6 Å². The average Bonchev–Trinajstić information content (AvgIpc) is 2.16. The molecule has 0 fully saturated rings. The lowest BCUT2D eigenvalue weighted by Crippen LogP contribution is -2.28. The predicted octanol–water partition coefficient (Wildman–Crippen LogP) is 2.76. The Morgan fingerprint density at radius 3 is 2.56 bits per heavy atom. The highest BCUT2D eigenvalue weighted by molar-refractivity contribution is 6.30. The van der Waals surface area contributed by atoms with Crippen LogP contribution in [0.1, 0.15) is 25.5 Å². The first kappa shape index (κ1) is 13.4. The SMILES string of the molecule is CC(C)CNC(CO)c1cc(F)cc(Cl)c1. The molecule has 1 atom stereocenters. The Kier molecular flexibility index (Phi) is 5.19. The Hall–Kier alpha value is -0.640. The van der Waals surface area contributed by atoms with E-state index in [0.717, 1.165) is 6.54 Å². The molecule has 0 aliphatic rings. The van der Waals surface area contributed by atoms with Gasteiger partial charge in [0.25, 0.3) is 0 Å². The van der Waals surface area contributed by atoms with E-state index in [2.05, 4.69) is 19.2 Å². The fourth-order valence-electron chi connectivity index (χ4n) is 1.44. The molecule has 1 aromatic carbocycles. The quantitative estimate of drug-likeness (QED) is 0.836. The van der Waals surface area contributed by atoms with Crippen LogP contribution in [-0.4, -0.2) is 18.3 Å². The molecule has 0 amide bonds. The van der Waals surface area contributed by atoms with Crippen LogP contribution in [0.15, 0.2) is 18.2 Å². The maximum Gasteiger partial charge on any atom is 0.125 e. The highest BCUT2D eigenvalue weighted by Gasteiger charge is 2.12. The molecular weight excluding hydrogens is 229 g/mol. The summed E-state index contributed by atoms with van der Waals surface area (Å²) in [6.07, 6.45) is 0. The third-order valence-electron chi connectivity index (χ3n) is 2.24. The molecule has 2 nitrogen and oxygen atoms in total. The summed E-state index contributed by atoms with van der Waals surface area (Å²) >= 11 is 5.76. The fraction of sp³-hybridized carbons (Fsp3) is 0.500. The van der Waals surface area contributed by atoms with Gasteiger partial charge in [0, 0.05) is 5.02 Å². The molecule has 0 bridgehead atoms. The largest absolute Gasteiger partial charge is 0.394 e. The molecule has 0 saturated carbocycles. The van der Waals surface area contributed by atoms with Gasteiger partial charge in [-0.2, -0.15) is 0 Å². The van der Waals surface area contributed by atoms with E-state index in [9.17, 15) is 9.50 Å². The summed E-state index contributed by atoms with van der Waals surface area (Å²) in [6, 6.07) is 4.04. The van der Waals surface area contributed by atoms with Crippen LogP contribution >= 0.6 is 11.6 Å². The van der Waals surface area contributed by atoms with Crippen molar-refractivity contribution in [2.24, 2.45) is 5.92 Å². The van der Waals surface area contributed by atoms with E-state index in [-0.39, 0.29) is 18.5 Å². The highest BCUT2D eigenvalue weighted by Crippen LogP contribution is 2.19. The van der Waals surface area contributed by atoms with Crippen molar-refractivity contribution < 1.29 is 9.50 Å². The molecule has 2 N–H and O–H groups in total. The number of halogens is 2. The first-order valence-corrected chi connectivity index (χ1v) is 5.71. The molecule has 0 heterocycles. The monoisotopic (exact) mass is 245 g/mol. The van der Waals surface area contributed by atoms with Crippen LogP contribution in [0.25, 0.3) is 0 Å².